The van der Waals surface area contributed by atoms with Gasteiger partial charge in [0.2, 0.25) is 10.1 Å². The van der Waals surface area contributed by atoms with Crippen molar-refractivity contribution in [1.29, 1.82) is 0 Å². The Balaban J connectivity index is 1.93. The molecule has 1 heterocycles. The number of anilines is 1. The predicted molar refractivity (Wildman–Crippen MR) is 63.2 cm³/mol. The molecule has 2 rings (SSSR count). The number of hydrogen-bond acceptors (Lipinski definition) is 5. The van der Waals surface area contributed by atoms with E-state index in [9.17, 15) is 4.79 Å². The molecule has 1 aromatic heterocycles. The van der Waals surface area contributed by atoms with Crippen LogP contribution in [-0.2, 0) is 0 Å². The molecule has 0 atom stereocenters. The molecular weight excluding hydrogens is 224 g/mol. The second-order valence-electron chi connectivity index (χ2n) is 4.28. The molecule has 0 radical (unpaired) electrons. The molecule has 1 aliphatic carbocycles. The SMILES string of the molecule is CN(CC1CCCC1)C(=O)c1nnc(N)s1. The maximum atomic E-state index is 11.9. The lowest BCUT2D eigenvalue weighted by atomic mass is 10.1. The highest BCUT2D eigenvalue weighted by atomic mass is 32.1. The van der Waals surface area contributed by atoms with Gasteiger partial charge in [0.05, 0.1) is 0 Å². The van der Waals surface area contributed by atoms with Crippen molar-refractivity contribution in [3.05, 3.63) is 5.01 Å². The molecule has 16 heavy (non-hydrogen) atoms. The molecule has 0 spiro atoms. The Morgan fingerprint density at radius 2 is 2.19 bits per heavy atom. The van der Waals surface area contributed by atoms with Crippen molar-refractivity contribution in [3.8, 4) is 0 Å². The van der Waals surface area contributed by atoms with E-state index >= 15 is 0 Å². The first-order valence-corrected chi connectivity index (χ1v) is 6.33. The summed E-state index contributed by atoms with van der Waals surface area (Å²) in [6, 6.07) is 0. The summed E-state index contributed by atoms with van der Waals surface area (Å²) in [5, 5.41) is 8.15. The van der Waals surface area contributed by atoms with Crippen molar-refractivity contribution >= 4 is 22.4 Å². The molecule has 0 unspecified atom stereocenters. The molecule has 0 aromatic carbocycles. The van der Waals surface area contributed by atoms with Crippen molar-refractivity contribution in [2.45, 2.75) is 25.7 Å². The van der Waals surface area contributed by atoms with Gasteiger partial charge >= 0.3 is 0 Å². The lowest BCUT2D eigenvalue weighted by molar-refractivity contribution is 0.0772. The van der Waals surface area contributed by atoms with Gasteiger partial charge in [-0.15, -0.1) is 10.2 Å². The van der Waals surface area contributed by atoms with Crippen LogP contribution in [0, 0.1) is 5.92 Å². The molecule has 1 fully saturated rings. The van der Waals surface area contributed by atoms with E-state index in [0.717, 1.165) is 17.9 Å². The Morgan fingerprint density at radius 1 is 1.50 bits per heavy atom. The summed E-state index contributed by atoms with van der Waals surface area (Å²) >= 11 is 1.15. The summed E-state index contributed by atoms with van der Waals surface area (Å²) in [6.07, 6.45) is 5.04. The number of amides is 1. The van der Waals surface area contributed by atoms with Crippen molar-refractivity contribution in [3.63, 3.8) is 0 Å². The zero-order valence-electron chi connectivity index (χ0n) is 9.35. The van der Waals surface area contributed by atoms with Gasteiger partial charge in [0, 0.05) is 13.6 Å². The van der Waals surface area contributed by atoms with Crippen LogP contribution in [0.5, 0.6) is 0 Å². The molecule has 0 saturated heterocycles. The van der Waals surface area contributed by atoms with E-state index in [4.69, 9.17) is 5.73 Å². The minimum atomic E-state index is -0.0684. The summed E-state index contributed by atoms with van der Waals surface area (Å²) in [6.45, 7) is 0.818. The van der Waals surface area contributed by atoms with Crippen LogP contribution >= 0.6 is 11.3 Å². The van der Waals surface area contributed by atoms with Gasteiger partial charge in [-0.25, -0.2) is 0 Å². The van der Waals surface area contributed by atoms with Gasteiger partial charge in [0.25, 0.3) is 5.91 Å². The molecule has 1 aliphatic rings. The van der Waals surface area contributed by atoms with E-state index in [1.54, 1.807) is 4.90 Å². The summed E-state index contributed by atoms with van der Waals surface area (Å²) in [7, 11) is 1.82. The molecular formula is C10H16N4OS. The Bertz CT molecular complexity index is 373. The number of nitrogens with zero attached hydrogens (tertiary/aromatic N) is 3. The van der Waals surface area contributed by atoms with Crippen molar-refractivity contribution in [2.24, 2.45) is 5.92 Å². The van der Waals surface area contributed by atoms with E-state index in [1.165, 1.54) is 25.7 Å². The number of aromatic nitrogens is 2. The molecule has 6 heteroatoms. The maximum Gasteiger partial charge on any atom is 0.284 e. The monoisotopic (exact) mass is 240 g/mol. The third kappa shape index (κ3) is 2.49. The standard InChI is InChI=1S/C10H16N4OS/c1-14(6-7-4-2-3-5-7)9(15)8-12-13-10(11)16-8/h7H,2-6H2,1H3,(H2,11,13). The van der Waals surface area contributed by atoms with Gasteiger partial charge in [-0.3, -0.25) is 4.79 Å². The van der Waals surface area contributed by atoms with Crippen molar-refractivity contribution < 1.29 is 4.79 Å². The summed E-state index contributed by atoms with van der Waals surface area (Å²) in [5.41, 5.74) is 5.45. The van der Waals surface area contributed by atoms with Gasteiger partial charge in [-0.2, -0.15) is 0 Å². The fourth-order valence-electron chi connectivity index (χ4n) is 2.15. The van der Waals surface area contributed by atoms with Crippen LogP contribution in [-0.4, -0.2) is 34.6 Å². The highest BCUT2D eigenvalue weighted by Gasteiger charge is 2.22. The first-order chi connectivity index (χ1) is 7.66. The summed E-state index contributed by atoms with van der Waals surface area (Å²) in [4.78, 5) is 13.7. The molecule has 0 bridgehead atoms. The van der Waals surface area contributed by atoms with Crippen LogP contribution in [0.3, 0.4) is 0 Å². The van der Waals surface area contributed by atoms with Crippen LogP contribution in [0.2, 0.25) is 0 Å². The van der Waals surface area contributed by atoms with E-state index in [1.807, 2.05) is 7.05 Å². The summed E-state index contributed by atoms with van der Waals surface area (Å²) < 4.78 is 0. The maximum absolute atomic E-state index is 11.9. The molecule has 5 nitrogen and oxygen atoms in total. The highest BCUT2D eigenvalue weighted by molar-refractivity contribution is 7.16. The molecule has 1 aromatic rings. The average Bonchev–Trinajstić information content (AvgIpc) is 2.88. The number of hydrogen-bond donors (Lipinski definition) is 1. The Hall–Kier alpha value is -1.17. The van der Waals surface area contributed by atoms with E-state index in [2.05, 4.69) is 10.2 Å². The second-order valence-corrected chi connectivity index (χ2v) is 5.29. The van der Waals surface area contributed by atoms with Crippen molar-refractivity contribution in [1.82, 2.24) is 15.1 Å². The van der Waals surface area contributed by atoms with Crippen LogP contribution in [0.25, 0.3) is 0 Å². The summed E-state index contributed by atoms with van der Waals surface area (Å²) in [5.74, 6) is 0.584. The second kappa shape index (κ2) is 4.78. The third-order valence-corrected chi connectivity index (χ3v) is 3.72. The first kappa shape index (κ1) is 11.3. The van der Waals surface area contributed by atoms with Crippen LogP contribution in [0.15, 0.2) is 0 Å². The zero-order chi connectivity index (χ0) is 11.5. The highest BCUT2D eigenvalue weighted by Crippen LogP contribution is 2.25. The van der Waals surface area contributed by atoms with Crippen LogP contribution < -0.4 is 5.73 Å². The van der Waals surface area contributed by atoms with Crippen molar-refractivity contribution in [2.75, 3.05) is 19.3 Å². The number of rotatable bonds is 3. The fraction of sp³-hybridized carbons (Fsp3) is 0.700. The fourth-order valence-corrected chi connectivity index (χ4v) is 2.75. The minimum Gasteiger partial charge on any atom is -0.374 e. The number of nitrogen functional groups attached to an aromatic ring is 1. The molecule has 2 N–H and O–H groups in total. The number of carbonyl (C=O) groups is 1. The molecule has 0 aliphatic heterocycles. The minimum absolute atomic E-state index is 0.0684. The van der Waals surface area contributed by atoms with E-state index in [0.29, 0.717) is 16.1 Å². The van der Waals surface area contributed by atoms with Gasteiger partial charge < -0.3 is 10.6 Å². The van der Waals surface area contributed by atoms with Gasteiger partial charge in [-0.1, -0.05) is 24.2 Å². The largest absolute Gasteiger partial charge is 0.374 e. The molecule has 1 amide bonds. The quantitative estimate of drug-likeness (QED) is 0.866. The topological polar surface area (TPSA) is 72.1 Å². The average molecular weight is 240 g/mol. The third-order valence-electron chi connectivity index (χ3n) is 2.98. The Morgan fingerprint density at radius 3 is 2.75 bits per heavy atom. The first-order valence-electron chi connectivity index (χ1n) is 5.51. The number of nitrogens with two attached hydrogens (primary N) is 1. The van der Waals surface area contributed by atoms with Crippen LogP contribution in [0.4, 0.5) is 5.13 Å². The van der Waals surface area contributed by atoms with Crippen LogP contribution in [0.1, 0.15) is 35.5 Å². The normalized spacial score (nSPS) is 16.6. The lowest BCUT2D eigenvalue weighted by Gasteiger charge is -2.19. The molecule has 1 saturated carbocycles. The predicted octanol–water partition coefficient (Wildman–Crippen LogP) is 1.38. The Labute approximate surface area is 98.7 Å². The molecule has 88 valence electrons. The van der Waals surface area contributed by atoms with Gasteiger partial charge in [0.15, 0.2) is 0 Å². The smallest absolute Gasteiger partial charge is 0.284 e. The number of carbonyl (C=O) groups excluding carboxylic acids is 1. The van der Waals surface area contributed by atoms with Gasteiger partial charge in [-0.05, 0) is 18.8 Å². The zero-order valence-corrected chi connectivity index (χ0v) is 10.2. The van der Waals surface area contributed by atoms with Gasteiger partial charge in [0.1, 0.15) is 0 Å². The van der Waals surface area contributed by atoms with E-state index in [-0.39, 0.29) is 5.91 Å². The lowest BCUT2D eigenvalue weighted by Crippen LogP contribution is -2.31. The Kier molecular flexibility index (Phi) is 3.38. The van der Waals surface area contributed by atoms with E-state index < -0.39 is 0 Å².